The Hall–Kier alpha value is -3.16. The highest BCUT2D eigenvalue weighted by Gasteiger charge is 2.47. The fourth-order valence-corrected chi connectivity index (χ4v) is 4.46. The van der Waals surface area contributed by atoms with Crippen molar-refractivity contribution in [2.24, 2.45) is 11.8 Å². The molecule has 2 aliphatic rings. The van der Waals surface area contributed by atoms with Crippen LogP contribution in [0.1, 0.15) is 52.0 Å². The number of nitrogens with zero attached hydrogens (tertiary/aromatic N) is 2. The number of ether oxygens (including phenoxy) is 1. The van der Waals surface area contributed by atoms with Crippen LogP contribution in [0.2, 0.25) is 0 Å². The van der Waals surface area contributed by atoms with Crippen molar-refractivity contribution in [1.82, 2.24) is 15.1 Å². The molecule has 0 saturated carbocycles. The van der Waals surface area contributed by atoms with E-state index in [-0.39, 0.29) is 61.0 Å². The highest BCUT2D eigenvalue weighted by atomic mass is 16.5. The Kier molecular flexibility index (Phi) is 8.47. The summed E-state index contributed by atoms with van der Waals surface area (Å²) in [6.07, 6.45) is 5.75. The Morgan fingerprint density at radius 2 is 1.79 bits per heavy atom. The number of hydrogen-bond acceptors (Lipinski definition) is 5. The van der Waals surface area contributed by atoms with Gasteiger partial charge in [-0.3, -0.25) is 24.1 Å². The largest absolute Gasteiger partial charge is 0.497 e. The maximum atomic E-state index is 13.3. The number of allylic oxidation sites excluding steroid dienone is 2. The molecule has 4 amide bonds. The summed E-state index contributed by atoms with van der Waals surface area (Å²) in [4.78, 5) is 54.4. The lowest BCUT2D eigenvalue weighted by molar-refractivity contribution is -0.143. The highest BCUT2D eigenvalue weighted by molar-refractivity contribution is 6.05. The van der Waals surface area contributed by atoms with E-state index in [0.717, 1.165) is 12.0 Å². The van der Waals surface area contributed by atoms with E-state index < -0.39 is 6.04 Å². The summed E-state index contributed by atoms with van der Waals surface area (Å²) >= 11 is 0. The number of rotatable bonds is 10. The molecule has 8 nitrogen and oxygen atoms in total. The van der Waals surface area contributed by atoms with Crippen molar-refractivity contribution in [3.63, 3.8) is 0 Å². The van der Waals surface area contributed by atoms with Crippen molar-refractivity contribution in [3.05, 3.63) is 42.0 Å². The van der Waals surface area contributed by atoms with Crippen molar-refractivity contribution < 1.29 is 23.9 Å². The Morgan fingerprint density at radius 3 is 2.38 bits per heavy atom. The van der Waals surface area contributed by atoms with Gasteiger partial charge in [-0.15, -0.1) is 0 Å². The van der Waals surface area contributed by atoms with Gasteiger partial charge < -0.3 is 15.0 Å². The third-order valence-electron chi connectivity index (χ3n) is 6.80. The lowest BCUT2D eigenvalue weighted by Gasteiger charge is -2.30. The van der Waals surface area contributed by atoms with E-state index in [1.54, 1.807) is 14.0 Å². The minimum Gasteiger partial charge on any atom is -0.497 e. The van der Waals surface area contributed by atoms with Crippen LogP contribution in [0.4, 0.5) is 0 Å². The Bertz CT molecular complexity index is 934. The third kappa shape index (κ3) is 5.66. The van der Waals surface area contributed by atoms with E-state index in [0.29, 0.717) is 18.6 Å². The maximum Gasteiger partial charge on any atom is 0.242 e. The molecular formula is C26H35N3O5. The van der Waals surface area contributed by atoms with Crippen molar-refractivity contribution in [1.29, 1.82) is 0 Å². The van der Waals surface area contributed by atoms with Crippen LogP contribution in [-0.4, -0.2) is 59.2 Å². The number of fused-ring (bicyclic) bond motifs is 1. The molecule has 4 atom stereocenters. The molecule has 1 saturated heterocycles. The zero-order valence-electron chi connectivity index (χ0n) is 20.5. The zero-order valence-corrected chi connectivity index (χ0v) is 20.5. The third-order valence-corrected chi connectivity index (χ3v) is 6.80. The number of imide groups is 1. The summed E-state index contributed by atoms with van der Waals surface area (Å²) in [7, 11) is 1.57. The summed E-state index contributed by atoms with van der Waals surface area (Å²) in [6.45, 7) is 5.83. The molecule has 1 fully saturated rings. The Labute approximate surface area is 201 Å². The standard InChI is InChI=1S/C26H35N3O5/c1-5-17(2)27-24(31)18(3)29(16-19-9-8-10-20(15-19)34-4)23(30)13-14-28-25(32)21-11-6-7-12-22(21)26(28)33/h6-10,15,17-18,21-22H,5,11-14,16H2,1-4H3,(H,27,31)/t17-,18+,21-,22+/m0/s1. The molecule has 3 rings (SSSR count). The van der Waals surface area contributed by atoms with Gasteiger partial charge in [0.15, 0.2) is 0 Å². The van der Waals surface area contributed by atoms with Gasteiger partial charge in [-0.05, 0) is 50.8 Å². The van der Waals surface area contributed by atoms with E-state index in [4.69, 9.17) is 4.74 Å². The molecule has 8 heteroatoms. The zero-order chi connectivity index (χ0) is 24.8. The fourth-order valence-electron chi connectivity index (χ4n) is 4.46. The van der Waals surface area contributed by atoms with Crippen LogP contribution in [0.3, 0.4) is 0 Å². The van der Waals surface area contributed by atoms with Crippen LogP contribution in [0.25, 0.3) is 0 Å². The summed E-state index contributed by atoms with van der Waals surface area (Å²) in [6, 6.07) is 6.61. The van der Waals surface area contributed by atoms with Crippen molar-refractivity contribution in [2.45, 2.75) is 65.1 Å². The lowest BCUT2D eigenvalue weighted by Crippen LogP contribution is -2.50. The van der Waals surface area contributed by atoms with Gasteiger partial charge in [-0.2, -0.15) is 0 Å². The summed E-state index contributed by atoms with van der Waals surface area (Å²) in [5.41, 5.74) is 0.821. The minimum absolute atomic E-state index is 0.0134. The summed E-state index contributed by atoms with van der Waals surface area (Å²) < 4.78 is 5.29. The van der Waals surface area contributed by atoms with E-state index in [9.17, 15) is 19.2 Å². The molecule has 184 valence electrons. The van der Waals surface area contributed by atoms with Gasteiger partial charge in [0.05, 0.1) is 18.9 Å². The second-order valence-electron chi connectivity index (χ2n) is 9.10. The van der Waals surface area contributed by atoms with E-state index in [1.165, 1.54) is 9.80 Å². The monoisotopic (exact) mass is 469 g/mol. The van der Waals surface area contributed by atoms with Crippen LogP contribution in [0.15, 0.2) is 36.4 Å². The SMILES string of the molecule is CC[C@H](C)NC(=O)[C@@H](C)N(Cc1cccc(OC)c1)C(=O)CCN1C(=O)[C@H]2CC=CC[C@H]2C1=O. The van der Waals surface area contributed by atoms with Gasteiger partial charge in [0.25, 0.3) is 0 Å². The van der Waals surface area contributed by atoms with E-state index in [2.05, 4.69) is 5.32 Å². The molecule has 1 aromatic rings. The van der Waals surface area contributed by atoms with Crippen LogP contribution in [-0.2, 0) is 25.7 Å². The second-order valence-corrected chi connectivity index (χ2v) is 9.10. The van der Waals surface area contributed by atoms with Crippen molar-refractivity contribution in [3.8, 4) is 5.75 Å². The number of amides is 4. The quantitative estimate of drug-likeness (QED) is 0.420. The molecule has 1 aliphatic heterocycles. The average Bonchev–Trinajstić information content (AvgIpc) is 3.10. The van der Waals surface area contributed by atoms with Gasteiger partial charge in [-0.25, -0.2) is 0 Å². The number of likely N-dealkylation sites (tertiary alicyclic amines) is 1. The van der Waals surface area contributed by atoms with Gasteiger partial charge in [0.1, 0.15) is 11.8 Å². The first-order valence-electron chi connectivity index (χ1n) is 12.0. The van der Waals surface area contributed by atoms with Crippen LogP contribution < -0.4 is 10.1 Å². The first-order valence-corrected chi connectivity index (χ1v) is 12.0. The molecule has 0 aromatic heterocycles. The number of methoxy groups -OCH3 is 1. The van der Waals surface area contributed by atoms with Crippen LogP contribution in [0, 0.1) is 11.8 Å². The molecule has 0 radical (unpaired) electrons. The highest BCUT2D eigenvalue weighted by Crippen LogP contribution is 2.35. The minimum atomic E-state index is -0.718. The van der Waals surface area contributed by atoms with E-state index >= 15 is 0 Å². The van der Waals surface area contributed by atoms with Gasteiger partial charge in [0, 0.05) is 25.6 Å². The normalized spacial score (nSPS) is 21.1. The summed E-state index contributed by atoms with van der Waals surface area (Å²) in [5.74, 6) is -0.908. The number of benzene rings is 1. The Balaban J connectivity index is 1.73. The topological polar surface area (TPSA) is 96.0 Å². The number of nitrogens with one attached hydrogen (secondary N) is 1. The van der Waals surface area contributed by atoms with E-state index in [1.807, 2.05) is 50.3 Å². The number of hydrogen-bond donors (Lipinski definition) is 1. The molecule has 34 heavy (non-hydrogen) atoms. The molecule has 1 N–H and O–H groups in total. The van der Waals surface area contributed by atoms with Crippen molar-refractivity contribution >= 4 is 23.6 Å². The average molecular weight is 470 g/mol. The molecule has 0 spiro atoms. The van der Waals surface area contributed by atoms with Gasteiger partial charge in [-0.1, -0.05) is 31.2 Å². The Morgan fingerprint density at radius 1 is 1.15 bits per heavy atom. The summed E-state index contributed by atoms with van der Waals surface area (Å²) in [5, 5.41) is 2.93. The second kappa shape index (κ2) is 11.3. The molecule has 0 bridgehead atoms. The number of carbonyl (C=O) groups is 4. The predicted octanol–water partition coefficient (Wildman–Crippen LogP) is 2.67. The van der Waals surface area contributed by atoms with Gasteiger partial charge in [0.2, 0.25) is 23.6 Å². The molecule has 0 unspecified atom stereocenters. The predicted molar refractivity (Wildman–Crippen MR) is 128 cm³/mol. The first kappa shape index (κ1) is 25.5. The lowest BCUT2D eigenvalue weighted by atomic mass is 9.85. The smallest absolute Gasteiger partial charge is 0.242 e. The number of carbonyl (C=O) groups excluding carboxylic acids is 4. The fraction of sp³-hybridized carbons (Fsp3) is 0.538. The maximum absolute atomic E-state index is 13.3. The molecular weight excluding hydrogens is 434 g/mol. The molecule has 1 aliphatic carbocycles. The molecule has 1 aromatic carbocycles. The van der Waals surface area contributed by atoms with Crippen molar-refractivity contribution in [2.75, 3.05) is 13.7 Å². The van der Waals surface area contributed by atoms with Crippen LogP contribution >= 0.6 is 0 Å². The van der Waals surface area contributed by atoms with Gasteiger partial charge >= 0.3 is 0 Å². The first-order chi connectivity index (χ1) is 16.3. The molecule has 1 heterocycles. The van der Waals surface area contributed by atoms with Crippen LogP contribution in [0.5, 0.6) is 5.75 Å².